The summed E-state index contributed by atoms with van der Waals surface area (Å²) in [7, 11) is 0. The molecule has 0 saturated carbocycles. The van der Waals surface area contributed by atoms with Gasteiger partial charge < -0.3 is 11.5 Å². The predicted octanol–water partition coefficient (Wildman–Crippen LogP) is 3.60. The first-order valence-electron chi connectivity index (χ1n) is 13.4. The molecule has 192 valence electrons. The Bertz CT molecular complexity index is 1260. The quantitative estimate of drug-likeness (QED) is 0.369. The number of nitrogens with two attached hydrogens (primary N) is 2. The van der Waals surface area contributed by atoms with E-state index in [1.54, 1.807) is 24.3 Å². The average molecular weight is 501 g/mol. The number of piperidine rings is 2. The molecule has 4 N–H and O–H groups in total. The lowest BCUT2D eigenvalue weighted by Crippen LogP contribution is -2.62. The van der Waals surface area contributed by atoms with E-state index in [9.17, 15) is 19.2 Å². The molecule has 0 bridgehead atoms. The second kappa shape index (κ2) is 8.71. The second-order valence-electron chi connectivity index (χ2n) is 10.8. The normalized spacial score (nSPS) is 21.3. The maximum Gasteiger partial charge on any atom is 0.249 e. The molecule has 8 nitrogen and oxygen atoms in total. The lowest BCUT2D eigenvalue weighted by molar-refractivity contribution is -0.149. The van der Waals surface area contributed by atoms with Crippen LogP contribution in [0, 0.1) is 5.41 Å². The molecule has 0 atom stereocenters. The Morgan fingerprint density at radius 2 is 0.919 bits per heavy atom. The molecule has 8 heteroatoms. The van der Waals surface area contributed by atoms with E-state index in [1.807, 2.05) is 0 Å². The van der Waals surface area contributed by atoms with Crippen molar-refractivity contribution in [2.75, 3.05) is 21.3 Å². The summed E-state index contributed by atoms with van der Waals surface area (Å²) < 4.78 is 0. The Hall–Kier alpha value is -3.68. The largest absolute Gasteiger partial charge is 0.398 e. The highest BCUT2D eigenvalue weighted by atomic mass is 16.2. The number of fused-ring (bicyclic) bond motifs is 2. The minimum atomic E-state index is -1.45. The van der Waals surface area contributed by atoms with Crippen molar-refractivity contribution in [2.45, 2.75) is 77.0 Å². The monoisotopic (exact) mass is 500 g/mol. The zero-order chi connectivity index (χ0) is 25.9. The van der Waals surface area contributed by atoms with E-state index in [-0.39, 0.29) is 37.5 Å². The number of rotatable bonds is 2. The third-order valence-electron chi connectivity index (χ3n) is 8.83. The summed E-state index contributed by atoms with van der Waals surface area (Å²) in [5.74, 6) is -1.66. The van der Waals surface area contributed by atoms with Gasteiger partial charge in [-0.05, 0) is 111 Å². The van der Waals surface area contributed by atoms with Crippen molar-refractivity contribution in [3.63, 3.8) is 0 Å². The van der Waals surface area contributed by atoms with E-state index in [0.29, 0.717) is 22.7 Å². The molecular weight excluding hydrogens is 468 g/mol. The van der Waals surface area contributed by atoms with Crippen LogP contribution in [0.1, 0.15) is 73.6 Å². The van der Waals surface area contributed by atoms with E-state index in [0.717, 1.165) is 73.6 Å². The van der Waals surface area contributed by atoms with Crippen LogP contribution in [-0.2, 0) is 44.9 Å². The van der Waals surface area contributed by atoms with E-state index >= 15 is 0 Å². The van der Waals surface area contributed by atoms with Gasteiger partial charge >= 0.3 is 0 Å². The molecule has 4 aliphatic rings. The Balaban J connectivity index is 1.43. The zero-order valence-electron chi connectivity index (χ0n) is 21.0. The number of hydrogen-bond donors (Lipinski definition) is 2. The Labute approximate surface area is 216 Å². The lowest BCUT2D eigenvalue weighted by atomic mass is 9.71. The van der Waals surface area contributed by atoms with Crippen molar-refractivity contribution >= 4 is 46.4 Å². The van der Waals surface area contributed by atoms with Crippen LogP contribution in [-0.4, -0.2) is 23.6 Å². The molecule has 6 rings (SSSR count). The molecule has 2 fully saturated rings. The van der Waals surface area contributed by atoms with Gasteiger partial charge in [-0.1, -0.05) is 0 Å². The maximum absolute atomic E-state index is 14.2. The fourth-order valence-corrected chi connectivity index (χ4v) is 6.82. The molecule has 0 aromatic heterocycles. The van der Waals surface area contributed by atoms with E-state index in [4.69, 9.17) is 11.5 Å². The number of carbonyl (C=O) groups is 4. The van der Waals surface area contributed by atoms with E-state index in [1.165, 1.54) is 9.80 Å². The molecule has 2 saturated heterocycles. The van der Waals surface area contributed by atoms with Crippen LogP contribution in [0.3, 0.4) is 0 Å². The molecule has 2 aliphatic heterocycles. The van der Waals surface area contributed by atoms with Gasteiger partial charge in [-0.15, -0.1) is 0 Å². The van der Waals surface area contributed by atoms with Crippen molar-refractivity contribution in [1.82, 2.24) is 0 Å². The second-order valence-corrected chi connectivity index (χ2v) is 10.8. The smallest absolute Gasteiger partial charge is 0.249 e. The van der Waals surface area contributed by atoms with Crippen molar-refractivity contribution in [3.05, 3.63) is 46.5 Å². The predicted molar refractivity (Wildman–Crippen MR) is 141 cm³/mol. The third-order valence-corrected chi connectivity index (χ3v) is 8.83. The van der Waals surface area contributed by atoms with Crippen molar-refractivity contribution in [2.24, 2.45) is 5.41 Å². The van der Waals surface area contributed by atoms with Crippen LogP contribution in [0.2, 0.25) is 0 Å². The molecule has 2 aliphatic carbocycles. The number of benzene rings is 2. The summed E-state index contributed by atoms with van der Waals surface area (Å²) >= 11 is 0. The summed E-state index contributed by atoms with van der Waals surface area (Å²) in [4.78, 5) is 57.3. The standard InChI is InChI=1S/C29H32N4O4/c30-21-9-11-23(19-7-3-1-5-17(19)21)32-25(34)13-15-29(27(32)36)16-14-26(35)33(28(29)37)24-12-10-22(31)18-6-2-4-8-20(18)24/h9-12H,1-8,13-16,30-31H2. The highest BCUT2D eigenvalue weighted by Gasteiger charge is 2.58. The Kier molecular flexibility index (Phi) is 5.58. The first kappa shape index (κ1) is 23.7. The fourth-order valence-electron chi connectivity index (χ4n) is 6.82. The van der Waals surface area contributed by atoms with Gasteiger partial charge in [0.2, 0.25) is 23.6 Å². The van der Waals surface area contributed by atoms with Gasteiger partial charge in [0.15, 0.2) is 0 Å². The van der Waals surface area contributed by atoms with Crippen LogP contribution in [0.15, 0.2) is 24.3 Å². The lowest BCUT2D eigenvalue weighted by Gasteiger charge is -2.45. The number of hydrogen-bond acceptors (Lipinski definition) is 6. The minimum absolute atomic E-state index is 0.0680. The molecule has 0 radical (unpaired) electrons. The average Bonchev–Trinajstić information content (AvgIpc) is 2.91. The van der Waals surface area contributed by atoms with Crippen LogP contribution >= 0.6 is 0 Å². The van der Waals surface area contributed by atoms with Crippen molar-refractivity contribution < 1.29 is 19.2 Å². The highest BCUT2D eigenvalue weighted by Crippen LogP contribution is 2.47. The topological polar surface area (TPSA) is 127 Å². The third kappa shape index (κ3) is 3.49. The van der Waals surface area contributed by atoms with E-state index in [2.05, 4.69) is 0 Å². The number of nitrogens with zero attached hydrogens (tertiary/aromatic N) is 2. The SMILES string of the molecule is Nc1ccc(N2C(=O)CCC3(CCC(=O)N(c4ccc(N)c5c4CCCC5)C3=O)C2=O)c2c1CCCC2. The number of carbonyl (C=O) groups excluding carboxylic acids is 4. The van der Waals surface area contributed by atoms with Crippen LogP contribution in [0.25, 0.3) is 0 Å². The summed E-state index contributed by atoms with van der Waals surface area (Å²) in [6, 6.07) is 6.97. The first-order valence-corrected chi connectivity index (χ1v) is 13.4. The van der Waals surface area contributed by atoms with Crippen LogP contribution in [0.4, 0.5) is 22.7 Å². The molecule has 1 spiro atoms. The van der Waals surface area contributed by atoms with Gasteiger partial charge in [0, 0.05) is 24.2 Å². The van der Waals surface area contributed by atoms with Gasteiger partial charge in [-0.2, -0.15) is 0 Å². The maximum atomic E-state index is 14.2. The summed E-state index contributed by atoms with van der Waals surface area (Å²) in [6.07, 6.45) is 7.35. The van der Waals surface area contributed by atoms with Gasteiger partial charge in [0.1, 0.15) is 5.41 Å². The Morgan fingerprint density at radius 1 is 0.541 bits per heavy atom. The number of nitrogen functional groups attached to an aromatic ring is 2. The Morgan fingerprint density at radius 3 is 1.32 bits per heavy atom. The minimum Gasteiger partial charge on any atom is -0.398 e. The zero-order valence-corrected chi connectivity index (χ0v) is 21.0. The molecule has 0 unspecified atom stereocenters. The summed E-state index contributed by atoms with van der Waals surface area (Å²) in [5, 5.41) is 0. The fraction of sp³-hybridized carbons (Fsp3) is 0.448. The molecule has 2 aromatic carbocycles. The number of anilines is 4. The van der Waals surface area contributed by atoms with Crippen LogP contribution < -0.4 is 21.3 Å². The van der Waals surface area contributed by atoms with Gasteiger partial charge in [0.25, 0.3) is 0 Å². The van der Waals surface area contributed by atoms with Crippen LogP contribution in [0.5, 0.6) is 0 Å². The summed E-state index contributed by atoms with van der Waals surface area (Å²) in [5.41, 5.74) is 17.3. The highest BCUT2D eigenvalue weighted by molar-refractivity contribution is 6.31. The summed E-state index contributed by atoms with van der Waals surface area (Å²) in [6.45, 7) is 0. The van der Waals surface area contributed by atoms with Gasteiger partial charge in [-0.25, -0.2) is 9.80 Å². The van der Waals surface area contributed by atoms with Gasteiger partial charge in [0.05, 0.1) is 11.4 Å². The number of amides is 4. The molecule has 37 heavy (non-hydrogen) atoms. The van der Waals surface area contributed by atoms with Crippen molar-refractivity contribution in [1.29, 1.82) is 0 Å². The molecule has 4 amide bonds. The van der Waals surface area contributed by atoms with Crippen molar-refractivity contribution in [3.8, 4) is 0 Å². The van der Waals surface area contributed by atoms with E-state index < -0.39 is 17.2 Å². The van der Waals surface area contributed by atoms with Gasteiger partial charge in [-0.3, -0.25) is 19.2 Å². The molecule has 2 aromatic rings. The molecule has 2 heterocycles. The molecular formula is C29H32N4O4. The first-order chi connectivity index (χ1) is 17.8. The number of imide groups is 2.